The zero-order valence-electron chi connectivity index (χ0n) is 19.1. The lowest BCUT2D eigenvalue weighted by Gasteiger charge is -2.34. The number of aromatic nitrogens is 2. The number of nitrogens with zero attached hydrogens (tertiary/aromatic N) is 4. The third-order valence-electron chi connectivity index (χ3n) is 6.19. The number of furan rings is 1. The number of amides is 2. The predicted octanol–water partition coefficient (Wildman–Crippen LogP) is 3.86. The summed E-state index contributed by atoms with van der Waals surface area (Å²) in [6.45, 7) is 6.48. The molecule has 2 aromatic carbocycles. The van der Waals surface area contributed by atoms with Crippen LogP contribution in [0, 0.1) is 0 Å². The Morgan fingerprint density at radius 3 is 2.50 bits per heavy atom. The van der Waals surface area contributed by atoms with E-state index in [-0.39, 0.29) is 11.8 Å². The van der Waals surface area contributed by atoms with Crippen molar-refractivity contribution in [2.45, 2.75) is 20.0 Å². The van der Waals surface area contributed by atoms with Gasteiger partial charge in [-0.05, 0) is 49.4 Å². The molecule has 1 aliphatic rings. The zero-order valence-corrected chi connectivity index (χ0v) is 19.1. The largest absolute Gasteiger partial charge is 0.459 e. The Morgan fingerprint density at radius 2 is 1.79 bits per heavy atom. The highest BCUT2D eigenvalue weighted by Crippen LogP contribution is 2.22. The van der Waals surface area contributed by atoms with Gasteiger partial charge in [-0.2, -0.15) is 0 Å². The van der Waals surface area contributed by atoms with Crippen LogP contribution in [0.2, 0.25) is 0 Å². The van der Waals surface area contributed by atoms with Crippen molar-refractivity contribution in [3.63, 3.8) is 0 Å². The fourth-order valence-corrected chi connectivity index (χ4v) is 4.39. The molecule has 1 saturated heterocycles. The van der Waals surface area contributed by atoms with Crippen molar-refractivity contribution < 1.29 is 14.0 Å². The van der Waals surface area contributed by atoms with Crippen molar-refractivity contribution in [1.82, 2.24) is 19.4 Å². The fraction of sp³-hybridized carbons (Fsp3) is 0.269. The molecule has 8 heteroatoms. The molecule has 0 aliphatic carbocycles. The van der Waals surface area contributed by atoms with Gasteiger partial charge in [0.25, 0.3) is 11.8 Å². The van der Waals surface area contributed by atoms with Gasteiger partial charge in [0, 0.05) is 44.0 Å². The average Bonchev–Trinajstić information content (AvgIpc) is 3.52. The van der Waals surface area contributed by atoms with Crippen LogP contribution >= 0.6 is 0 Å². The summed E-state index contributed by atoms with van der Waals surface area (Å²) < 4.78 is 7.46. The Labute approximate surface area is 197 Å². The van der Waals surface area contributed by atoms with Crippen LogP contribution < -0.4 is 5.32 Å². The second-order valence-corrected chi connectivity index (χ2v) is 8.34. The van der Waals surface area contributed by atoms with Crippen molar-refractivity contribution in [2.75, 3.05) is 31.5 Å². The number of piperazine rings is 1. The number of fused-ring (bicyclic) bond motifs is 1. The Kier molecular flexibility index (Phi) is 6.14. The second kappa shape index (κ2) is 9.52. The second-order valence-electron chi connectivity index (χ2n) is 8.34. The molecule has 4 aromatic rings. The summed E-state index contributed by atoms with van der Waals surface area (Å²) >= 11 is 0. The zero-order chi connectivity index (χ0) is 23.5. The standard InChI is InChI=1S/C26H27N5O3/c1-2-31-22-11-10-20(27-25(32)19-7-4-3-5-8-19)17-21(22)28-24(31)18-29-12-14-30(15-13-29)26(33)23-9-6-16-34-23/h3-11,16-17H,2,12-15,18H2,1H3,(H,27,32). The molecule has 3 heterocycles. The topological polar surface area (TPSA) is 83.6 Å². The monoisotopic (exact) mass is 457 g/mol. The molecule has 0 unspecified atom stereocenters. The van der Waals surface area contributed by atoms with Gasteiger partial charge in [0.15, 0.2) is 5.76 Å². The number of rotatable bonds is 6. The molecule has 8 nitrogen and oxygen atoms in total. The van der Waals surface area contributed by atoms with E-state index in [4.69, 9.17) is 9.40 Å². The van der Waals surface area contributed by atoms with Crippen LogP contribution in [-0.2, 0) is 13.1 Å². The van der Waals surface area contributed by atoms with E-state index in [1.807, 2.05) is 41.3 Å². The van der Waals surface area contributed by atoms with Crippen LogP contribution in [0.1, 0.15) is 33.7 Å². The van der Waals surface area contributed by atoms with Crippen molar-refractivity contribution in [1.29, 1.82) is 0 Å². The summed E-state index contributed by atoms with van der Waals surface area (Å²) in [5.41, 5.74) is 3.24. The molecule has 0 bridgehead atoms. The molecule has 2 aromatic heterocycles. The minimum absolute atomic E-state index is 0.0597. The van der Waals surface area contributed by atoms with E-state index in [2.05, 4.69) is 21.7 Å². The molecule has 5 rings (SSSR count). The van der Waals surface area contributed by atoms with Gasteiger partial charge < -0.3 is 19.2 Å². The van der Waals surface area contributed by atoms with Gasteiger partial charge >= 0.3 is 0 Å². The number of carbonyl (C=O) groups is 2. The predicted molar refractivity (Wildman–Crippen MR) is 130 cm³/mol. The maximum atomic E-state index is 12.5. The number of hydrogen-bond acceptors (Lipinski definition) is 5. The number of imidazole rings is 1. The van der Waals surface area contributed by atoms with Crippen molar-refractivity contribution in [2.24, 2.45) is 0 Å². The average molecular weight is 458 g/mol. The molecular formula is C26H27N5O3. The van der Waals surface area contributed by atoms with Gasteiger partial charge in [-0.25, -0.2) is 4.98 Å². The molecule has 1 N–H and O–H groups in total. The third-order valence-corrected chi connectivity index (χ3v) is 6.19. The number of benzene rings is 2. The summed E-state index contributed by atoms with van der Waals surface area (Å²) in [5.74, 6) is 1.17. The molecule has 0 spiro atoms. The summed E-state index contributed by atoms with van der Waals surface area (Å²) in [4.78, 5) is 34.1. The van der Waals surface area contributed by atoms with Crippen LogP contribution in [0.25, 0.3) is 11.0 Å². The van der Waals surface area contributed by atoms with Crippen LogP contribution in [0.4, 0.5) is 5.69 Å². The minimum atomic E-state index is -0.142. The Balaban J connectivity index is 1.27. The Bertz CT molecular complexity index is 1290. The van der Waals surface area contributed by atoms with Crippen LogP contribution in [0.15, 0.2) is 71.3 Å². The molecule has 0 radical (unpaired) electrons. The first-order chi connectivity index (χ1) is 16.6. The Hall–Kier alpha value is -3.91. The number of hydrogen-bond donors (Lipinski definition) is 1. The maximum absolute atomic E-state index is 12.5. The van der Waals surface area contributed by atoms with E-state index in [9.17, 15) is 9.59 Å². The van der Waals surface area contributed by atoms with Gasteiger partial charge in [0.05, 0.1) is 23.8 Å². The number of carbonyl (C=O) groups excluding carboxylic acids is 2. The summed E-state index contributed by atoms with van der Waals surface area (Å²) in [5, 5.41) is 2.96. The highest BCUT2D eigenvalue weighted by Gasteiger charge is 2.24. The summed E-state index contributed by atoms with van der Waals surface area (Å²) in [6, 6.07) is 18.5. The fourth-order valence-electron chi connectivity index (χ4n) is 4.39. The first kappa shape index (κ1) is 21.9. The highest BCUT2D eigenvalue weighted by molar-refractivity contribution is 6.04. The number of nitrogens with one attached hydrogen (secondary N) is 1. The van der Waals surface area contributed by atoms with Gasteiger partial charge in [-0.3, -0.25) is 14.5 Å². The minimum Gasteiger partial charge on any atom is -0.459 e. The third kappa shape index (κ3) is 4.45. The van der Waals surface area contributed by atoms with Crippen LogP contribution in [-0.4, -0.2) is 57.3 Å². The van der Waals surface area contributed by atoms with Crippen LogP contribution in [0.3, 0.4) is 0 Å². The van der Waals surface area contributed by atoms with Crippen LogP contribution in [0.5, 0.6) is 0 Å². The van der Waals surface area contributed by atoms with Crippen molar-refractivity contribution in [3.05, 3.63) is 84.1 Å². The van der Waals surface area contributed by atoms with Crippen molar-refractivity contribution >= 4 is 28.5 Å². The molecule has 0 saturated carbocycles. The molecule has 2 amide bonds. The first-order valence-electron chi connectivity index (χ1n) is 11.5. The lowest BCUT2D eigenvalue weighted by atomic mass is 10.2. The highest BCUT2D eigenvalue weighted by atomic mass is 16.3. The maximum Gasteiger partial charge on any atom is 0.289 e. The number of anilines is 1. The molecule has 1 aliphatic heterocycles. The molecule has 0 atom stereocenters. The van der Waals surface area contributed by atoms with Gasteiger partial charge in [-0.1, -0.05) is 18.2 Å². The lowest BCUT2D eigenvalue weighted by molar-refractivity contribution is 0.0593. The van der Waals surface area contributed by atoms with E-state index >= 15 is 0 Å². The lowest BCUT2D eigenvalue weighted by Crippen LogP contribution is -2.48. The van der Waals surface area contributed by atoms with E-state index in [0.29, 0.717) is 31.0 Å². The molecule has 1 fully saturated rings. The van der Waals surface area contributed by atoms with E-state index in [1.165, 1.54) is 6.26 Å². The molecular weight excluding hydrogens is 430 g/mol. The van der Waals surface area contributed by atoms with Crippen molar-refractivity contribution in [3.8, 4) is 0 Å². The first-order valence-corrected chi connectivity index (χ1v) is 11.5. The number of aryl methyl sites for hydroxylation is 1. The van der Waals surface area contributed by atoms with E-state index in [0.717, 1.165) is 42.2 Å². The van der Waals surface area contributed by atoms with Gasteiger partial charge in [0.1, 0.15) is 5.82 Å². The Morgan fingerprint density at radius 1 is 1.00 bits per heavy atom. The van der Waals surface area contributed by atoms with E-state index < -0.39 is 0 Å². The van der Waals surface area contributed by atoms with Gasteiger partial charge in [-0.15, -0.1) is 0 Å². The SMILES string of the molecule is CCn1c(CN2CCN(C(=O)c3ccco3)CC2)nc2cc(NC(=O)c3ccccc3)ccc21. The van der Waals surface area contributed by atoms with E-state index in [1.54, 1.807) is 24.3 Å². The molecule has 34 heavy (non-hydrogen) atoms. The summed E-state index contributed by atoms with van der Waals surface area (Å²) in [7, 11) is 0. The molecule has 174 valence electrons. The van der Waals surface area contributed by atoms with Gasteiger partial charge in [0.2, 0.25) is 0 Å². The quantitative estimate of drug-likeness (QED) is 0.475. The smallest absolute Gasteiger partial charge is 0.289 e. The summed E-state index contributed by atoms with van der Waals surface area (Å²) in [6.07, 6.45) is 1.53. The normalized spacial score (nSPS) is 14.4.